The SMILES string of the molecule is CCc1nnc([C@@H]2CN(Cc3cc(F)c(F)cc3F)CCO2)o1. The van der Waals surface area contributed by atoms with Crippen LogP contribution in [0.15, 0.2) is 16.5 Å². The molecule has 0 radical (unpaired) electrons. The maximum Gasteiger partial charge on any atom is 0.246 e. The van der Waals surface area contributed by atoms with Crippen LogP contribution in [0, 0.1) is 17.5 Å². The summed E-state index contributed by atoms with van der Waals surface area (Å²) in [6.45, 7) is 3.40. The van der Waals surface area contributed by atoms with Gasteiger partial charge in [-0.1, -0.05) is 6.92 Å². The average Bonchev–Trinajstić information content (AvgIpc) is 3.02. The molecule has 124 valence electrons. The molecule has 0 unspecified atom stereocenters. The first kappa shape index (κ1) is 15.9. The van der Waals surface area contributed by atoms with E-state index in [-0.39, 0.29) is 12.1 Å². The number of aromatic nitrogens is 2. The van der Waals surface area contributed by atoms with E-state index in [2.05, 4.69) is 10.2 Å². The second-order valence-electron chi connectivity index (χ2n) is 5.34. The van der Waals surface area contributed by atoms with Crippen LogP contribution in [-0.4, -0.2) is 34.8 Å². The topological polar surface area (TPSA) is 51.4 Å². The van der Waals surface area contributed by atoms with Crippen molar-refractivity contribution in [3.8, 4) is 0 Å². The quantitative estimate of drug-likeness (QED) is 0.808. The van der Waals surface area contributed by atoms with Crippen LogP contribution in [0.4, 0.5) is 13.2 Å². The molecule has 1 aromatic carbocycles. The summed E-state index contributed by atoms with van der Waals surface area (Å²) in [7, 11) is 0. The van der Waals surface area contributed by atoms with Crippen molar-refractivity contribution in [2.24, 2.45) is 0 Å². The van der Waals surface area contributed by atoms with Crippen molar-refractivity contribution in [2.75, 3.05) is 19.7 Å². The van der Waals surface area contributed by atoms with Crippen LogP contribution in [0.2, 0.25) is 0 Å². The van der Waals surface area contributed by atoms with Gasteiger partial charge in [0.1, 0.15) is 11.9 Å². The lowest BCUT2D eigenvalue weighted by molar-refractivity contribution is -0.0460. The third-order valence-electron chi connectivity index (χ3n) is 3.69. The molecule has 3 rings (SSSR count). The number of aryl methyl sites for hydroxylation is 1. The molecule has 1 saturated heterocycles. The average molecular weight is 327 g/mol. The zero-order valence-electron chi connectivity index (χ0n) is 12.6. The van der Waals surface area contributed by atoms with Crippen LogP contribution in [0.5, 0.6) is 0 Å². The van der Waals surface area contributed by atoms with E-state index in [1.54, 1.807) is 0 Å². The van der Waals surface area contributed by atoms with Gasteiger partial charge in [0.15, 0.2) is 11.6 Å². The number of hydrogen-bond donors (Lipinski definition) is 0. The highest BCUT2D eigenvalue weighted by molar-refractivity contribution is 5.20. The normalized spacial score (nSPS) is 19.2. The summed E-state index contributed by atoms with van der Waals surface area (Å²) in [6.07, 6.45) is 0.216. The van der Waals surface area contributed by atoms with Gasteiger partial charge in [-0.25, -0.2) is 13.2 Å². The van der Waals surface area contributed by atoms with Crippen LogP contribution in [0.1, 0.15) is 30.4 Å². The number of hydrogen-bond acceptors (Lipinski definition) is 5. The first-order valence-corrected chi connectivity index (χ1v) is 7.36. The lowest BCUT2D eigenvalue weighted by Crippen LogP contribution is -2.38. The lowest BCUT2D eigenvalue weighted by Gasteiger charge is -2.31. The molecule has 0 N–H and O–H groups in total. The van der Waals surface area contributed by atoms with Gasteiger partial charge in [-0.3, -0.25) is 4.90 Å². The summed E-state index contributed by atoms with van der Waals surface area (Å²) in [5, 5.41) is 7.83. The molecule has 1 aromatic heterocycles. The number of nitrogens with zero attached hydrogens (tertiary/aromatic N) is 3. The molecular weight excluding hydrogens is 311 g/mol. The summed E-state index contributed by atoms with van der Waals surface area (Å²) < 4.78 is 51.1. The molecule has 0 spiro atoms. The molecule has 2 heterocycles. The Morgan fingerprint density at radius 2 is 1.96 bits per heavy atom. The summed E-state index contributed by atoms with van der Waals surface area (Å²) in [6, 6.07) is 1.45. The molecule has 0 bridgehead atoms. The molecule has 2 aromatic rings. The van der Waals surface area contributed by atoms with Crippen LogP contribution >= 0.6 is 0 Å². The Morgan fingerprint density at radius 3 is 2.70 bits per heavy atom. The maximum absolute atomic E-state index is 13.7. The molecule has 1 fully saturated rings. The van der Waals surface area contributed by atoms with Crippen molar-refractivity contribution in [2.45, 2.75) is 26.0 Å². The predicted octanol–water partition coefficient (Wildman–Crippen LogP) is 2.62. The van der Waals surface area contributed by atoms with Gasteiger partial charge in [-0.2, -0.15) is 0 Å². The number of ether oxygens (including phenoxy) is 1. The van der Waals surface area contributed by atoms with Crippen LogP contribution in [0.25, 0.3) is 0 Å². The molecule has 0 aliphatic carbocycles. The van der Waals surface area contributed by atoms with E-state index in [1.165, 1.54) is 0 Å². The third-order valence-corrected chi connectivity index (χ3v) is 3.69. The van der Waals surface area contributed by atoms with Crippen LogP contribution in [-0.2, 0) is 17.7 Å². The largest absolute Gasteiger partial charge is 0.422 e. The van der Waals surface area contributed by atoms with E-state index in [1.807, 2.05) is 11.8 Å². The highest BCUT2D eigenvalue weighted by atomic mass is 19.2. The molecule has 5 nitrogen and oxygen atoms in total. The molecule has 8 heteroatoms. The van der Waals surface area contributed by atoms with E-state index < -0.39 is 23.6 Å². The molecular formula is C15H16F3N3O2. The molecule has 0 saturated carbocycles. The molecule has 1 aliphatic heterocycles. The summed E-state index contributed by atoms with van der Waals surface area (Å²) in [5.74, 6) is -2.12. The number of morpholine rings is 1. The molecule has 23 heavy (non-hydrogen) atoms. The third kappa shape index (κ3) is 3.53. The van der Waals surface area contributed by atoms with Gasteiger partial charge in [0, 0.05) is 37.7 Å². The van der Waals surface area contributed by atoms with Crippen molar-refractivity contribution < 1.29 is 22.3 Å². The van der Waals surface area contributed by atoms with Crippen molar-refractivity contribution in [3.63, 3.8) is 0 Å². The van der Waals surface area contributed by atoms with Gasteiger partial charge < -0.3 is 9.15 Å². The summed E-state index contributed by atoms with van der Waals surface area (Å²) >= 11 is 0. The Morgan fingerprint density at radius 1 is 1.17 bits per heavy atom. The Bertz CT molecular complexity index is 693. The van der Waals surface area contributed by atoms with E-state index in [9.17, 15) is 13.2 Å². The molecule has 1 aliphatic rings. The van der Waals surface area contributed by atoms with Gasteiger partial charge in [-0.15, -0.1) is 10.2 Å². The minimum absolute atomic E-state index is 0.101. The number of halogens is 3. The van der Waals surface area contributed by atoms with Gasteiger partial charge in [0.25, 0.3) is 0 Å². The standard InChI is InChI=1S/C15H16F3N3O2/c1-2-14-19-20-15(23-14)13-8-21(3-4-22-13)7-9-5-11(17)12(18)6-10(9)16/h5-6,13H,2-4,7-8H2,1H3/t13-/m0/s1. The van der Waals surface area contributed by atoms with E-state index in [0.717, 1.165) is 6.07 Å². The van der Waals surface area contributed by atoms with E-state index in [4.69, 9.17) is 9.15 Å². The molecule has 1 atom stereocenters. The zero-order chi connectivity index (χ0) is 16.4. The first-order valence-electron chi connectivity index (χ1n) is 7.36. The number of benzene rings is 1. The van der Waals surface area contributed by atoms with Crippen molar-refractivity contribution in [1.82, 2.24) is 15.1 Å². The first-order chi connectivity index (χ1) is 11.1. The Balaban J connectivity index is 1.70. The van der Waals surface area contributed by atoms with Gasteiger partial charge in [-0.05, 0) is 6.07 Å². The van der Waals surface area contributed by atoms with Gasteiger partial charge >= 0.3 is 0 Å². The van der Waals surface area contributed by atoms with E-state index in [0.29, 0.717) is 44.0 Å². The van der Waals surface area contributed by atoms with Gasteiger partial charge in [0.2, 0.25) is 11.8 Å². The lowest BCUT2D eigenvalue weighted by atomic mass is 10.1. The van der Waals surface area contributed by atoms with Gasteiger partial charge in [0.05, 0.1) is 6.61 Å². The highest BCUT2D eigenvalue weighted by Gasteiger charge is 2.27. The maximum atomic E-state index is 13.7. The van der Waals surface area contributed by atoms with Crippen molar-refractivity contribution in [1.29, 1.82) is 0 Å². The van der Waals surface area contributed by atoms with Crippen molar-refractivity contribution >= 4 is 0 Å². The van der Waals surface area contributed by atoms with E-state index >= 15 is 0 Å². The summed E-state index contributed by atoms with van der Waals surface area (Å²) in [4.78, 5) is 1.87. The Kier molecular flexibility index (Phi) is 4.63. The summed E-state index contributed by atoms with van der Waals surface area (Å²) in [5.41, 5.74) is 0.101. The predicted molar refractivity (Wildman–Crippen MR) is 74.0 cm³/mol. The second-order valence-corrected chi connectivity index (χ2v) is 5.34. The Hall–Kier alpha value is -1.93. The second kappa shape index (κ2) is 6.67. The Labute approximate surface area is 131 Å². The molecule has 0 amide bonds. The minimum atomic E-state index is -1.19. The number of rotatable bonds is 4. The zero-order valence-corrected chi connectivity index (χ0v) is 12.6. The van der Waals surface area contributed by atoms with Crippen molar-refractivity contribution in [3.05, 3.63) is 46.9 Å². The van der Waals surface area contributed by atoms with Crippen LogP contribution in [0.3, 0.4) is 0 Å². The highest BCUT2D eigenvalue weighted by Crippen LogP contribution is 2.23. The minimum Gasteiger partial charge on any atom is -0.422 e. The fraction of sp³-hybridized carbons (Fsp3) is 0.467. The van der Waals surface area contributed by atoms with Crippen LogP contribution < -0.4 is 0 Å². The fourth-order valence-corrected chi connectivity index (χ4v) is 2.46. The monoisotopic (exact) mass is 327 g/mol. The smallest absolute Gasteiger partial charge is 0.246 e. The fourth-order valence-electron chi connectivity index (χ4n) is 2.46.